The van der Waals surface area contributed by atoms with Gasteiger partial charge in [0.1, 0.15) is 5.75 Å². The lowest BCUT2D eigenvalue weighted by atomic mass is 10.0. The third-order valence-electron chi connectivity index (χ3n) is 3.98. The summed E-state index contributed by atoms with van der Waals surface area (Å²) in [5.41, 5.74) is 3.50. The molecule has 1 unspecified atom stereocenters. The summed E-state index contributed by atoms with van der Waals surface area (Å²) in [6.45, 7) is 0. The Balaban J connectivity index is 1.55. The highest BCUT2D eigenvalue weighted by atomic mass is 16.5. The number of methoxy groups -OCH3 is 1. The van der Waals surface area contributed by atoms with Crippen molar-refractivity contribution < 1.29 is 9.53 Å². The Morgan fingerprint density at radius 3 is 2.67 bits per heavy atom. The molecule has 3 heteroatoms. The smallest absolute Gasteiger partial charge is 0.155 e. The highest BCUT2D eigenvalue weighted by Gasteiger charge is 2.25. The Labute approximate surface area is 124 Å². The highest BCUT2D eigenvalue weighted by molar-refractivity contribution is 5.89. The van der Waals surface area contributed by atoms with Crippen molar-refractivity contribution in [1.29, 1.82) is 0 Å². The predicted octanol–water partition coefficient (Wildman–Crippen LogP) is 3.23. The van der Waals surface area contributed by atoms with Crippen LogP contribution < -0.4 is 10.1 Å². The van der Waals surface area contributed by atoms with Crippen LogP contribution in [0.25, 0.3) is 0 Å². The molecule has 1 N–H and O–H groups in total. The van der Waals surface area contributed by atoms with Gasteiger partial charge in [0.05, 0.1) is 13.2 Å². The minimum Gasteiger partial charge on any atom is -0.497 e. The summed E-state index contributed by atoms with van der Waals surface area (Å²) in [4.78, 5) is 12.3. The Morgan fingerprint density at radius 1 is 1.19 bits per heavy atom. The van der Waals surface area contributed by atoms with Crippen molar-refractivity contribution >= 4 is 11.5 Å². The number of para-hydroxylation sites is 1. The van der Waals surface area contributed by atoms with Gasteiger partial charge in [0.25, 0.3) is 0 Å². The van der Waals surface area contributed by atoms with Gasteiger partial charge in [0, 0.05) is 18.5 Å². The van der Waals surface area contributed by atoms with Gasteiger partial charge in [-0.15, -0.1) is 0 Å². The maximum absolute atomic E-state index is 12.3. The van der Waals surface area contributed by atoms with Crippen LogP contribution in [0.15, 0.2) is 48.5 Å². The zero-order valence-electron chi connectivity index (χ0n) is 12.1. The van der Waals surface area contributed by atoms with Crippen LogP contribution in [0.3, 0.4) is 0 Å². The number of anilines is 1. The molecule has 1 aliphatic heterocycles. The third-order valence-corrected chi connectivity index (χ3v) is 3.98. The number of aryl methyl sites for hydroxylation is 1. The van der Waals surface area contributed by atoms with Crippen LogP contribution in [0, 0.1) is 0 Å². The Morgan fingerprint density at radius 2 is 1.95 bits per heavy atom. The van der Waals surface area contributed by atoms with Crippen LogP contribution in [0.1, 0.15) is 17.5 Å². The Kier molecular flexibility index (Phi) is 3.91. The van der Waals surface area contributed by atoms with E-state index in [1.54, 1.807) is 7.11 Å². The fraction of sp³-hybridized carbons (Fsp3) is 0.278. The molecular weight excluding hydrogens is 262 g/mol. The number of ether oxygens (including phenoxy) is 1. The highest BCUT2D eigenvalue weighted by Crippen LogP contribution is 2.26. The van der Waals surface area contributed by atoms with Gasteiger partial charge in [-0.3, -0.25) is 4.79 Å². The average Bonchev–Trinajstić information content (AvgIpc) is 2.97. The van der Waals surface area contributed by atoms with E-state index < -0.39 is 0 Å². The number of ketones is 1. The molecule has 3 rings (SSSR count). The molecule has 0 aromatic heterocycles. The quantitative estimate of drug-likeness (QED) is 0.914. The summed E-state index contributed by atoms with van der Waals surface area (Å²) in [5, 5.41) is 3.32. The van der Waals surface area contributed by atoms with Gasteiger partial charge in [0.15, 0.2) is 5.78 Å². The van der Waals surface area contributed by atoms with Crippen molar-refractivity contribution in [3.63, 3.8) is 0 Å². The van der Waals surface area contributed by atoms with Crippen molar-refractivity contribution in [2.75, 3.05) is 12.4 Å². The summed E-state index contributed by atoms with van der Waals surface area (Å²) < 4.78 is 5.13. The molecular formula is C18H19NO2. The second-order valence-corrected chi connectivity index (χ2v) is 5.37. The van der Waals surface area contributed by atoms with Gasteiger partial charge in [-0.25, -0.2) is 0 Å². The van der Waals surface area contributed by atoms with Crippen LogP contribution in [0.5, 0.6) is 5.75 Å². The average molecular weight is 281 g/mol. The topological polar surface area (TPSA) is 38.3 Å². The number of carbonyl (C=O) groups excluding carboxylic acids is 1. The number of rotatable bonds is 5. The minimum atomic E-state index is -0.0688. The first-order valence-electron chi connectivity index (χ1n) is 7.26. The number of benzene rings is 2. The lowest BCUT2D eigenvalue weighted by molar-refractivity contribution is -0.119. The summed E-state index contributed by atoms with van der Waals surface area (Å²) in [5.74, 6) is 1.13. The van der Waals surface area contributed by atoms with Crippen LogP contribution in [-0.2, 0) is 17.6 Å². The van der Waals surface area contributed by atoms with E-state index >= 15 is 0 Å². The molecule has 0 saturated carbocycles. The lowest BCUT2D eigenvalue weighted by Crippen LogP contribution is -2.27. The first-order chi connectivity index (χ1) is 10.3. The molecule has 1 aliphatic rings. The molecule has 1 atom stereocenters. The molecule has 0 amide bonds. The van der Waals surface area contributed by atoms with Gasteiger partial charge in [0.2, 0.25) is 0 Å². The summed E-state index contributed by atoms with van der Waals surface area (Å²) >= 11 is 0. The molecule has 108 valence electrons. The van der Waals surface area contributed by atoms with E-state index in [2.05, 4.69) is 11.4 Å². The number of fused-ring (bicyclic) bond motifs is 1. The van der Waals surface area contributed by atoms with Gasteiger partial charge >= 0.3 is 0 Å². The molecule has 0 fully saturated rings. The van der Waals surface area contributed by atoms with E-state index in [4.69, 9.17) is 4.74 Å². The molecule has 0 saturated heterocycles. The first-order valence-corrected chi connectivity index (χ1v) is 7.26. The first kappa shape index (κ1) is 13.7. The van der Waals surface area contributed by atoms with E-state index in [9.17, 15) is 4.79 Å². The second-order valence-electron chi connectivity index (χ2n) is 5.37. The normalized spacial score (nSPS) is 16.1. The minimum absolute atomic E-state index is 0.0688. The largest absolute Gasteiger partial charge is 0.497 e. The van der Waals surface area contributed by atoms with Crippen molar-refractivity contribution in [2.45, 2.75) is 25.3 Å². The summed E-state index contributed by atoms with van der Waals surface area (Å²) in [6.07, 6.45) is 2.15. The molecule has 3 nitrogen and oxygen atoms in total. The van der Waals surface area contributed by atoms with E-state index in [0.29, 0.717) is 6.42 Å². The zero-order chi connectivity index (χ0) is 14.7. The van der Waals surface area contributed by atoms with Gasteiger partial charge in [-0.2, -0.15) is 0 Å². The third kappa shape index (κ3) is 3.07. The standard InChI is InChI=1S/C18H19NO2/c1-21-15-9-6-13(7-10-15)8-11-18(20)17-12-14-4-2-3-5-16(14)19-17/h2-7,9-10,17,19H,8,11-12H2,1H3. The van der Waals surface area contributed by atoms with Crippen LogP contribution >= 0.6 is 0 Å². The molecule has 0 aliphatic carbocycles. The van der Waals surface area contributed by atoms with E-state index in [1.165, 1.54) is 11.1 Å². The van der Waals surface area contributed by atoms with Gasteiger partial charge < -0.3 is 10.1 Å². The van der Waals surface area contributed by atoms with E-state index in [-0.39, 0.29) is 11.8 Å². The van der Waals surface area contributed by atoms with Crippen molar-refractivity contribution in [2.24, 2.45) is 0 Å². The van der Waals surface area contributed by atoms with E-state index in [1.807, 2.05) is 42.5 Å². The predicted molar refractivity (Wildman–Crippen MR) is 83.9 cm³/mol. The van der Waals surface area contributed by atoms with Crippen LogP contribution in [0.4, 0.5) is 5.69 Å². The van der Waals surface area contributed by atoms with Crippen molar-refractivity contribution in [3.05, 3.63) is 59.7 Å². The van der Waals surface area contributed by atoms with Crippen LogP contribution in [0.2, 0.25) is 0 Å². The fourth-order valence-corrected chi connectivity index (χ4v) is 2.73. The van der Waals surface area contributed by atoms with Crippen LogP contribution in [-0.4, -0.2) is 18.9 Å². The number of hydrogen-bond acceptors (Lipinski definition) is 3. The maximum atomic E-state index is 12.3. The molecule has 0 radical (unpaired) electrons. The maximum Gasteiger partial charge on any atom is 0.155 e. The molecule has 2 aromatic carbocycles. The molecule has 1 heterocycles. The summed E-state index contributed by atoms with van der Waals surface area (Å²) in [7, 11) is 1.65. The fourth-order valence-electron chi connectivity index (χ4n) is 2.73. The monoisotopic (exact) mass is 281 g/mol. The lowest BCUT2D eigenvalue weighted by Gasteiger charge is -2.10. The number of carbonyl (C=O) groups is 1. The number of Topliss-reactive ketones (excluding diaryl/α,β-unsaturated/α-hetero) is 1. The Hall–Kier alpha value is -2.29. The van der Waals surface area contributed by atoms with E-state index in [0.717, 1.165) is 24.3 Å². The van der Waals surface area contributed by atoms with Crippen molar-refractivity contribution in [3.8, 4) is 5.75 Å². The zero-order valence-corrected chi connectivity index (χ0v) is 12.1. The van der Waals surface area contributed by atoms with Crippen molar-refractivity contribution in [1.82, 2.24) is 0 Å². The second kappa shape index (κ2) is 6.00. The molecule has 2 aromatic rings. The number of nitrogens with one attached hydrogen (secondary N) is 1. The molecule has 0 spiro atoms. The summed E-state index contributed by atoms with van der Waals surface area (Å²) in [6, 6.07) is 16.0. The number of hydrogen-bond donors (Lipinski definition) is 1. The SMILES string of the molecule is COc1ccc(CCC(=O)C2Cc3ccccc3N2)cc1. The Bertz CT molecular complexity index is 609. The molecule has 21 heavy (non-hydrogen) atoms. The molecule has 0 bridgehead atoms. The van der Waals surface area contributed by atoms with Gasteiger partial charge in [-0.05, 0) is 35.7 Å². The van der Waals surface area contributed by atoms with Gasteiger partial charge in [-0.1, -0.05) is 30.3 Å².